The van der Waals surface area contributed by atoms with Gasteiger partial charge in [-0.1, -0.05) is 12.1 Å². The van der Waals surface area contributed by atoms with E-state index in [2.05, 4.69) is 16.7 Å². The number of aryl methyl sites for hydroxylation is 1. The molecule has 0 amide bonds. The number of hydrogen-bond donors (Lipinski definition) is 2. The molecule has 1 unspecified atom stereocenters. The highest BCUT2D eigenvalue weighted by molar-refractivity contribution is 7.89. The molecule has 0 aliphatic carbocycles. The predicted molar refractivity (Wildman–Crippen MR) is 79.9 cm³/mol. The van der Waals surface area contributed by atoms with Gasteiger partial charge in [-0.05, 0) is 50.0 Å². The van der Waals surface area contributed by atoms with Gasteiger partial charge in [0.2, 0.25) is 10.0 Å². The Morgan fingerprint density at radius 1 is 1.45 bits per heavy atom. The quantitative estimate of drug-likeness (QED) is 0.838. The lowest BCUT2D eigenvalue weighted by Crippen LogP contribution is -2.31. The maximum Gasteiger partial charge on any atom is 0.240 e. The summed E-state index contributed by atoms with van der Waals surface area (Å²) < 4.78 is 27.5. The van der Waals surface area contributed by atoms with Gasteiger partial charge in [0.15, 0.2) is 0 Å². The standard InChI is InChI=1S/C14H23N3O2S/c1-11-3-4-12(8-15)7-14(11)20(18,19)16-9-13-5-6-17(2)10-13/h3-4,7,13,16H,5-6,8-10,15H2,1-2H3. The van der Waals surface area contributed by atoms with Crippen molar-refractivity contribution in [1.82, 2.24) is 9.62 Å². The largest absolute Gasteiger partial charge is 0.326 e. The van der Waals surface area contributed by atoms with Gasteiger partial charge in [0, 0.05) is 19.6 Å². The molecule has 20 heavy (non-hydrogen) atoms. The molecule has 0 bridgehead atoms. The Hall–Kier alpha value is -0.950. The van der Waals surface area contributed by atoms with Gasteiger partial charge in [-0.3, -0.25) is 0 Å². The van der Waals surface area contributed by atoms with Gasteiger partial charge in [0.1, 0.15) is 0 Å². The number of hydrogen-bond acceptors (Lipinski definition) is 4. The second kappa shape index (κ2) is 6.22. The highest BCUT2D eigenvalue weighted by atomic mass is 32.2. The molecule has 3 N–H and O–H groups in total. The Morgan fingerprint density at radius 2 is 2.20 bits per heavy atom. The minimum absolute atomic E-state index is 0.340. The fourth-order valence-corrected chi connectivity index (χ4v) is 3.97. The van der Waals surface area contributed by atoms with E-state index < -0.39 is 10.0 Å². The zero-order valence-corrected chi connectivity index (χ0v) is 12.9. The first-order chi connectivity index (χ1) is 9.42. The van der Waals surface area contributed by atoms with Crippen LogP contribution in [0.4, 0.5) is 0 Å². The zero-order valence-electron chi connectivity index (χ0n) is 12.1. The molecule has 1 fully saturated rings. The van der Waals surface area contributed by atoms with Crippen molar-refractivity contribution in [2.75, 3.05) is 26.7 Å². The molecule has 2 rings (SSSR count). The van der Waals surface area contributed by atoms with Crippen molar-refractivity contribution in [2.24, 2.45) is 11.7 Å². The van der Waals surface area contributed by atoms with Crippen molar-refractivity contribution in [3.05, 3.63) is 29.3 Å². The number of rotatable bonds is 5. The normalized spacial score (nSPS) is 20.4. The summed E-state index contributed by atoms with van der Waals surface area (Å²) in [5.41, 5.74) is 7.16. The minimum Gasteiger partial charge on any atom is -0.326 e. The number of benzene rings is 1. The molecule has 0 radical (unpaired) electrons. The summed E-state index contributed by atoms with van der Waals surface area (Å²) in [6, 6.07) is 5.33. The van der Waals surface area contributed by atoms with Crippen molar-refractivity contribution >= 4 is 10.0 Å². The summed E-state index contributed by atoms with van der Waals surface area (Å²) in [5.74, 6) is 0.396. The van der Waals surface area contributed by atoms with Gasteiger partial charge in [0.05, 0.1) is 4.90 Å². The van der Waals surface area contributed by atoms with Crippen LogP contribution in [0, 0.1) is 12.8 Å². The topological polar surface area (TPSA) is 75.4 Å². The Kier molecular flexibility index (Phi) is 4.80. The summed E-state index contributed by atoms with van der Waals surface area (Å²) in [6.45, 7) is 4.63. The first-order valence-electron chi connectivity index (χ1n) is 6.90. The molecular weight excluding hydrogens is 274 g/mol. The predicted octanol–water partition coefficient (Wildman–Crippen LogP) is 0.684. The van der Waals surface area contributed by atoms with Crippen LogP contribution in [0.5, 0.6) is 0 Å². The number of sulfonamides is 1. The fraction of sp³-hybridized carbons (Fsp3) is 0.571. The van der Waals surface area contributed by atoms with Gasteiger partial charge in [-0.2, -0.15) is 0 Å². The average Bonchev–Trinajstić information content (AvgIpc) is 2.83. The first kappa shape index (κ1) is 15.4. The van der Waals surface area contributed by atoms with Crippen LogP contribution in [-0.2, 0) is 16.6 Å². The Morgan fingerprint density at radius 3 is 2.80 bits per heavy atom. The molecule has 1 aliphatic heterocycles. The van der Waals surface area contributed by atoms with Gasteiger partial charge in [0.25, 0.3) is 0 Å². The van der Waals surface area contributed by atoms with E-state index in [9.17, 15) is 8.42 Å². The van der Waals surface area contributed by atoms with E-state index >= 15 is 0 Å². The molecule has 1 heterocycles. The summed E-state index contributed by atoms with van der Waals surface area (Å²) in [6.07, 6.45) is 1.04. The lowest BCUT2D eigenvalue weighted by molar-refractivity contribution is 0.394. The molecule has 0 saturated carbocycles. The van der Waals surface area contributed by atoms with Crippen molar-refractivity contribution < 1.29 is 8.42 Å². The number of nitrogens with one attached hydrogen (secondary N) is 1. The van der Waals surface area contributed by atoms with Crippen molar-refractivity contribution in [2.45, 2.75) is 24.8 Å². The summed E-state index contributed by atoms with van der Waals surface area (Å²) in [4.78, 5) is 2.56. The number of nitrogens with zero attached hydrogens (tertiary/aromatic N) is 1. The Balaban J connectivity index is 2.10. The molecular formula is C14H23N3O2S. The molecule has 1 aromatic rings. The highest BCUT2D eigenvalue weighted by Crippen LogP contribution is 2.18. The van der Waals surface area contributed by atoms with E-state index in [4.69, 9.17) is 5.73 Å². The molecule has 1 saturated heterocycles. The van der Waals surface area contributed by atoms with E-state index in [0.717, 1.165) is 30.6 Å². The summed E-state index contributed by atoms with van der Waals surface area (Å²) >= 11 is 0. The van der Waals surface area contributed by atoms with Crippen LogP contribution < -0.4 is 10.5 Å². The molecule has 112 valence electrons. The molecule has 0 spiro atoms. The minimum atomic E-state index is -3.45. The third-order valence-corrected chi connectivity index (χ3v) is 5.39. The van der Waals surface area contributed by atoms with Crippen LogP contribution in [0.25, 0.3) is 0 Å². The zero-order chi connectivity index (χ0) is 14.8. The van der Waals surface area contributed by atoms with Crippen molar-refractivity contribution in [3.63, 3.8) is 0 Å². The number of nitrogens with two attached hydrogens (primary N) is 1. The van der Waals surface area contributed by atoms with Crippen molar-refractivity contribution in [1.29, 1.82) is 0 Å². The lowest BCUT2D eigenvalue weighted by atomic mass is 10.1. The fourth-order valence-electron chi connectivity index (χ4n) is 2.56. The molecule has 0 aromatic heterocycles. The molecule has 1 aromatic carbocycles. The van der Waals surface area contributed by atoms with Crippen LogP contribution in [0.2, 0.25) is 0 Å². The van der Waals surface area contributed by atoms with Crippen LogP contribution in [0.1, 0.15) is 17.5 Å². The van der Waals surface area contributed by atoms with E-state index in [1.165, 1.54) is 0 Å². The monoisotopic (exact) mass is 297 g/mol. The SMILES string of the molecule is Cc1ccc(CN)cc1S(=O)(=O)NCC1CCN(C)C1. The Labute approximate surface area is 121 Å². The Bertz CT molecular complexity index is 572. The van der Waals surface area contributed by atoms with Gasteiger partial charge < -0.3 is 10.6 Å². The van der Waals surface area contributed by atoms with E-state index in [1.807, 2.05) is 6.07 Å². The highest BCUT2D eigenvalue weighted by Gasteiger charge is 2.23. The molecule has 1 aliphatic rings. The van der Waals surface area contributed by atoms with E-state index in [1.54, 1.807) is 19.1 Å². The van der Waals surface area contributed by atoms with Crippen LogP contribution in [0.3, 0.4) is 0 Å². The second-order valence-electron chi connectivity index (χ2n) is 5.57. The second-order valence-corrected chi connectivity index (χ2v) is 7.31. The maximum atomic E-state index is 12.4. The van der Waals surface area contributed by atoms with Gasteiger partial charge >= 0.3 is 0 Å². The van der Waals surface area contributed by atoms with Crippen LogP contribution in [-0.4, -0.2) is 40.0 Å². The number of likely N-dealkylation sites (tertiary alicyclic amines) is 1. The smallest absolute Gasteiger partial charge is 0.240 e. The van der Waals surface area contributed by atoms with E-state index in [-0.39, 0.29) is 0 Å². The molecule has 5 nitrogen and oxygen atoms in total. The first-order valence-corrected chi connectivity index (χ1v) is 8.38. The third kappa shape index (κ3) is 3.58. The average molecular weight is 297 g/mol. The lowest BCUT2D eigenvalue weighted by Gasteiger charge is -2.14. The molecule has 6 heteroatoms. The summed E-state index contributed by atoms with van der Waals surface area (Å²) in [5, 5.41) is 0. The van der Waals surface area contributed by atoms with Crippen LogP contribution >= 0.6 is 0 Å². The van der Waals surface area contributed by atoms with Gasteiger partial charge in [-0.15, -0.1) is 0 Å². The van der Waals surface area contributed by atoms with Gasteiger partial charge in [-0.25, -0.2) is 13.1 Å². The van der Waals surface area contributed by atoms with Crippen molar-refractivity contribution in [3.8, 4) is 0 Å². The maximum absolute atomic E-state index is 12.4. The summed E-state index contributed by atoms with van der Waals surface area (Å²) in [7, 11) is -1.39. The van der Waals surface area contributed by atoms with E-state index in [0.29, 0.717) is 23.9 Å². The van der Waals surface area contributed by atoms with Crippen LogP contribution in [0.15, 0.2) is 23.1 Å². The third-order valence-electron chi connectivity index (χ3n) is 3.83. The molecule has 1 atom stereocenters.